The molecule has 0 bridgehead atoms. The molecule has 2 aromatic rings. The Morgan fingerprint density at radius 2 is 2.07 bits per heavy atom. The van der Waals surface area contributed by atoms with Crippen LogP contribution in [0.3, 0.4) is 0 Å². The van der Waals surface area contributed by atoms with Gasteiger partial charge in [0, 0.05) is 25.7 Å². The second-order valence-electron chi connectivity index (χ2n) is 6.40. The highest BCUT2D eigenvalue weighted by molar-refractivity contribution is 14.0. The van der Waals surface area contributed by atoms with Crippen molar-refractivity contribution in [1.29, 1.82) is 0 Å². The van der Waals surface area contributed by atoms with E-state index in [9.17, 15) is 0 Å². The summed E-state index contributed by atoms with van der Waals surface area (Å²) in [6.07, 6.45) is 2.25. The Morgan fingerprint density at radius 1 is 1.26 bits per heavy atom. The van der Waals surface area contributed by atoms with Crippen LogP contribution in [0.2, 0.25) is 0 Å². The van der Waals surface area contributed by atoms with Gasteiger partial charge in [0.25, 0.3) is 0 Å². The minimum atomic E-state index is 0. The third kappa shape index (κ3) is 6.57. The van der Waals surface area contributed by atoms with Gasteiger partial charge in [0.05, 0.1) is 18.7 Å². The maximum atomic E-state index is 5.29. The SMILES string of the molecule is CCNC(=NCc1cccc(OC)c1)NC1CCN(c2cccs2)CC1.I. The summed E-state index contributed by atoms with van der Waals surface area (Å²) in [4.78, 5) is 7.22. The Hall–Kier alpha value is -1.48. The van der Waals surface area contributed by atoms with E-state index in [-0.39, 0.29) is 24.0 Å². The van der Waals surface area contributed by atoms with Gasteiger partial charge in [-0.3, -0.25) is 0 Å². The molecule has 148 valence electrons. The van der Waals surface area contributed by atoms with Gasteiger partial charge in [0.15, 0.2) is 5.96 Å². The van der Waals surface area contributed by atoms with Gasteiger partial charge >= 0.3 is 0 Å². The van der Waals surface area contributed by atoms with E-state index < -0.39 is 0 Å². The molecule has 0 amide bonds. The highest BCUT2D eigenvalue weighted by Gasteiger charge is 2.20. The number of anilines is 1. The van der Waals surface area contributed by atoms with Crippen molar-refractivity contribution in [2.45, 2.75) is 32.4 Å². The van der Waals surface area contributed by atoms with Crippen molar-refractivity contribution in [1.82, 2.24) is 10.6 Å². The summed E-state index contributed by atoms with van der Waals surface area (Å²) in [7, 11) is 1.69. The van der Waals surface area contributed by atoms with E-state index in [1.807, 2.05) is 29.5 Å². The van der Waals surface area contributed by atoms with Crippen LogP contribution in [0.4, 0.5) is 5.00 Å². The van der Waals surface area contributed by atoms with Crippen LogP contribution >= 0.6 is 35.3 Å². The van der Waals surface area contributed by atoms with E-state index in [0.29, 0.717) is 12.6 Å². The highest BCUT2D eigenvalue weighted by atomic mass is 127. The summed E-state index contributed by atoms with van der Waals surface area (Å²) in [5.74, 6) is 1.77. The Balaban J connectivity index is 0.00000261. The van der Waals surface area contributed by atoms with E-state index >= 15 is 0 Å². The number of guanidine groups is 1. The molecule has 1 aromatic heterocycles. The number of aliphatic imine (C=N–C) groups is 1. The van der Waals surface area contributed by atoms with Crippen LogP contribution in [-0.2, 0) is 6.54 Å². The van der Waals surface area contributed by atoms with Crippen molar-refractivity contribution >= 4 is 46.3 Å². The molecule has 1 aliphatic heterocycles. The second-order valence-corrected chi connectivity index (χ2v) is 7.33. The molecule has 3 rings (SSSR count). The Bertz CT molecular complexity index is 700. The molecule has 1 fully saturated rings. The summed E-state index contributed by atoms with van der Waals surface area (Å²) in [5, 5.41) is 10.5. The zero-order chi connectivity index (χ0) is 18.2. The molecule has 2 heterocycles. The zero-order valence-electron chi connectivity index (χ0n) is 16.0. The standard InChI is InChI=1S/C20H28N4OS.HI/c1-3-21-20(22-15-16-6-4-7-18(14-16)25-2)23-17-9-11-24(12-10-17)19-8-5-13-26-19;/h4-8,13-14,17H,3,9-12,15H2,1-2H3,(H2,21,22,23);1H. The second kappa shape index (κ2) is 11.4. The highest BCUT2D eigenvalue weighted by Crippen LogP contribution is 2.24. The first-order chi connectivity index (χ1) is 12.8. The van der Waals surface area contributed by atoms with E-state index in [0.717, 1.165) is 49.7 Å². The van der Waals surface area contributed by atoms with E-state index in [2.05, 4.69) is 46.0 Å². The molecule has 1 aromatic carbocycles. The number of methoxy groups -OCH3 is 1. The number of nitrogens with zero attached hydrogens (tertiary/aromatic N) is 2. The third-order valence-corrected chi connectivity index (χ3v) is 5.48. The van der Waals surface area contributed by atoms with Gasteiger partial charge < -0.3 is 20.3 Å². The molecule has 1 aliphatic rings. The number of thiophene rings is 1. The largest absolute Gasteiger partial charge is 0.497 e. The number of hydrogen-bond donors (Lipinski definition) is 2. The van der Waals surface area contributed by atoms with Crippen molar-refractivity contribution in [3.63, 3.8) is 0 Å². The van der Waals surface area contributed by atoms with Gasteiger partial charge in [0.2, 0.25) is 0 Å². The first kappa shape index (κ1) is 21.8. The minimum absolute atomic E-state index is 0. The minimum Gasteiger partial charge on any atom is -0.497 e. The molecule has 5 nitrogen and oxygen atoms in total. The fourth-order valence-corrected chi connectivity index (χ4v) is 3.93. The third-order valence-electron chi connectivity index (χ3n) is 4.55. The Labute approximate surface area is 183 Å². The van der Waals surface area contributed by atoms with Crippen LogP contribution in [0.1, 0.15) is 25.3 Å². The van der Waals surface area contributed by atoms with Crippen LogP contribution in [0.5, 0.6) is 5.75 Å². The zero-order valence-corrected chi connectivity index (χ0v) is 19.1. The maximum Gasteiger partial charge on any atom is 0.191 e. The molecule has 27 heavy (non-hydrogen) atoms. The smallest absolute Gasteiger partial charge is 0.191 e. The van der Waals surface area contributed by atoms with Crippen molar-refractivity contribution in [3.8, 4) is 5.75 Å². The van der Waals surface area contributed by atoms with Gasteiger partial charge in [-0.15, -0.1) is 35.3 Å². The fraction of sp³-hybridized carbons (Fsp3) is 0.450. The number of benzene rings is 1. The Morgan fingerprint density at radius 3 is 2.74 bits per heavy atom. The number of ether oxygens (including phenoxy) is 1. The average Bonchev–Trinajstić information content (AvgIpc) is 3.22. The number of halogens is 1. The molecule has 0 aliphatic carbocycles. The molecule has 0 radical (unpaired) electrons. The number of piperidine rings is 1. The normalized spacial score (nSPS) is 15.2. The number of hydrogen-bond acceptors (Lipinski definition) is 4. The lowest BCUT2D eigenvalue weighted by Crippen LogP contribution is -2.48. The predicted octanol–water partition coefficient (Wildman–Crippen LogP) is 4.10. The summed E-state index contributed by atoms with van der Waals surface area (Å²) < 4.78 is 5.29. The van der Waals surface area contributed by atoms with Gasteiger partial charge in [-0.1, -0.05) is 12.1 Å². The maximum absolute atomic E-state index is 5.29. The lowest BCUT2D eigenvalue weighted by atomic mass is 10.1. The lowest BCUT2D eigenvalue weighted by Gasteiger charge is -2.33. The van der Waals surface area contributed by atoms with Gasteiger partial charge in [-0.2, -0.15) is 0 Å². The topological polar surface area (TPSA) is 48.9 Å². The molecule has 0 spiro atoms. The molecular weight excluding hydrogens is 471 g/mol. The summed E-state index contributed by atoms with van der Waals surface area (Å²) in [5.41, 5.74) is 1.15. The molecule has 2 N–H and O–H groups in total. The first-order valence-corrected chi connectivity index (χ1v) is 10.1. The molecule has 7 heteroatoms. The van der Waals surface area contributed by atoms with Crippen molar-refractivity contribution < 1.29 is 4.74 Å². The number of rotatable bonds is 6. The first-order valence-electron chi connectivity index (χ1n) is 9.24. The van der Waals surface area contributed by atoms with Crippen LogP contribution in [0.15, 0.2) is 46.8 Å². The van der Waals surface area contributed by atoms with Crippen LogP contribution in [-0.4, -0.2) is 38.7 Å². The molecular formula is C20H29IN4OS. The van der Waals surface area contributed by atoms with Crippen LogP contribution in [0.25, 0.3) is 0 Å². The van der Waals surface area contributed by atoms with Crippen molar-refractivity contribution in [2.75, 3.05) is 31.6 Å². The predicted molar refractivity (Wildman–Crippen MR) is 126 cm³/mol. The van der Waals surface area contributed by atoms with Crippen LogP contribution < -0.4 is 20.3 Å². The van der Waals surface area contributed by atoms with Crippen LogP contribution in [0, 0.1) is 0 Å². The van der Waals surface area contributed by atoms with Crippen molar-refractivity contribution in [2.24, 2.45) is 4.99 Å². The monoisotopic (exact) mass is 500 g/mol. The summed E-state index contributed by atoms with van der Waals surface area (Å²) in [6.45, 7) is 5.78. The lowest BCUT2D eigenvalue weighted by molar-refractivity contribution is 0.414. The molecule has 0 atom stereocenters. The van der Waals surface area contributed by atoms with E-state index in [1.165, 1.54) is 5.00 Å². The number of nitrogens with one attached hydrogen (secondary N) is 2. The summed E-state index contributed by atoms with van der Waals surface area (Å²) in [6, 6.07) is 12.9. The average molecular weight is 500 g/mol. The fourth-order valence-electron chi connectivity index (χ4n) is 3.15. The molecule has 0 saturated carbocycles. The van der Waals surface area contributed by atoms with Crippen molar-refractivity contribution in [3.05, 3.63) is 47.3 Å². The van der Waals surface area contributed by atoms with Gasteiger partial charge in [-0.05, 0) is 55.0 Å². The molecule has 1 saturated heterocycles. The molecule has 0 unspecified atom stereocenters. The van der Waals surface area contributed by atoms with Gasteiger partial charge in [-0.25, -0.2) is 4.99 Å². The van der Waals surface area contributed by atoms with E-state index in [1.54, 1.807) is 7.11 Å². The van der Waals surface area contributed by atoms with E-state index in [4.69, 9.17) is 9.73 Å². The Kier molecular flexibility index (Phi) is 9.20. The van der Waals surface area contributed by atoms with Gasteiger partial charge in [0.1, 0.15) is 5.75 Å². The quantitative estimate of drug-likeness (QED) is 0.356. The summed E-state index contributed by atoms with van der Waals surface area (Å²) >= 11 is 1.82.